The molecule has 1 unspecified atom stereocenters. The highest BCUT2D eigenvalue weighted by Gasteiger charge is 2.30. The zero-order valence-corrected chi connectivity index (χ0v) is 11.5. The highest BCUT2D eigenvalue weighted by molar-refractivity contribution is 7.89. The van der Waals surface area contributed by atoms with Crippen molar-refractivity contribution in [2.45, 2.75) is 25.0 Å². The Morgan fingerprint density at radius 3 is 2.72 bits per heavy atom. The van der Waals surface area contributed by atoms with E-state index >= 15 is 0 Å². The first-order valence-electron chi connectivity index (χ1n) is 5.79. The molecule has 18 heavy (non-hydrogen) atoms. The molecule has 0 spiro atoms. The molecule has 0 aromatic rings. The smallest absolute Gasteiger partial charge is 0.305 e. The van der Waals surface area contributed by atoms with E-state index in [0.717, 1.165) is 0 Å². The molecule has 2 atom stereocenters. The number of sulfonamides is 1. The lowest BCUT2D eigenvalue weighted by atomic mass is 10.2. The van der Waals surface area contributed by atoms with Crippen LogP contribution in [0.2, 0.25) is 0 Å². The number of nitrogens with one attached hydrogen (secondary N) is 2. The Morgan fingerprint density at radius 2 is 2.11 bits per heavy atom. The monoisotopic (exact) mass is 280 g/mol. The molecule has 1 heterocycles. The molecule has 0 aliphatic carbocycles. The van der Waals surface area contributed by atoms with Gasteiger partial charge in [0.25, 0.3) is 0 Å². The molecule has 0 saturated carbocycles. The van der Waals surface area contributed by atoms with Crippen LogP contribution in [-0.2, 0) is 24.3 Å². The van der Waals surface area contributed by atoms with Crippen molar-refractivity contribution >= 4 is 16.0 Å². The molecular formula is C10H20N2O5S. The van der Waals surface area contributed by atoms with Crippen LogP contribution in [0.15, 0.2) is 0 Å². The number of hydrogen-bond acceptors (Lipinski definition) is 6. The molecule has 1 saturated heterocycles. The predicted molar refractivity (Wildman–Crippen MR) is 65.6 cm³/mol. The molecule has 0 bridgehead atoms. The van der Waals surface area contributed by atoms with Gasteiger partial charge in [0.15, 0.2) is 0 Å². The van der Waals surface area contributed by atoms with Gasteiger partial charge in [-0.15, -0.1) is 0 Å². The average molecular weight is 280 g/mol. The predicted octanol–water partition coefficient (Wildman–Crippen LogP) is -1.15. The van der Waals surface area contributed by atoms with E-state index in [1.54, 1.807) is 7.11 Å². The summed E-state index contributed by atoms with van der Waals surface area (Å²) in [5.41, 5.74) is 0. The minimum atomic E-state index is -3.39. The molecule has 2 N–H and O–H groups in total. The van der Waals surface area contributed by atoms with E-state index in [9.17, 15) is 13.2 Å². The second-order valence-corrected chi connectivity index (χ2v) is 6.03. The van der Waals surface area contributed by atoms with Crippen LogP contribution in [-0.4, -0.2) is 59.6 Å². The SMILES string of the molecule is COC(=O)CCCS(=O)(=O)NC1CNC[C@@H]1OC. The van der Waals surface area contributed by atoms with E-state index in [4.69, 9.17) is 4.74 Å². The summed E-state index contributed by atoms with van der Waals surface area (Å²) in [6, 6.07) is -0.252. The largest absolute Gasteiger partial charge is 0.469 e. The molecule has 0 aromatic carbocycles. The van der Waals surface area contributed by atoms with Crippen molar-refractivity contribution in [2.75, 3.05) is 33.1 Å². The maximum Gasteiger partial charge on any atom is 0.305 e. The van der Waals surface area contributed by atoms with Gasteiger partial charge in [-0.3, -0.25) is 4.79 Å². The first-order valence-corrected chi connectivity index (χ1v) is 7.44. The quantitative estimate of drug-likeness (QED) is 0.572. The Hall–Kier alpha value is -0.700. The van der Waals surface area contributed by atoms with Crippen LogP contribution in [0.3, 0.4) is 0 Å². The molecule has 8 heteroatoms. The summed E-state index contributed by atoms with van der Waals surface area (Å²) < 4.78 is 35.7. The maximum atomic E-state index is 11.8. The van der Waals surface area contributed by atoms with Crippen LogP contribution in [0.5, 0.6) is 0 Å². The van der Waals surface area contributed by atoms with Crippen LogP contribution in [0.4, 0.5) is 0 Å². The fourth-order valence-corrected chi connectivity index (χ4v) is 3.16. The average Bonchev–Trinajstić information content (AvgIpc) is 2.74. The lowest BCUT2D eigenvalue weighted by Crippen LogP contribution is -2.44. The number of rotatable bonds is 7. The summed E-state index contributed by atoms with van der Waals surface area (Å²) in [7, 11) is -0.558. The zero-order valence-electron chi connectivity index (χ0n) is 10.6. The molecule has 1 aliphatic rings. The molecule has 0 amide bonds. The van der Waals surface area contributed by atoms with Gasteiger partial charge in [0.05, 0.1) is 25.0 Å². The standard InChI is InChI=1S/C10H20N2O5S/c1-16-9-7-11-6-8(9)12-18(14,15)5-3-4-10(13)17-2/h8-9,11-12H,3-7H2,1-2H3/t8?,9-/m0/s1. The number of hydrogen-bond donors (Lipinski definition) is 2. The van der Waals surface area contributed by atoms with Gasteiger partial charge in [-0.1, -0.05) is 0 Å². The van der Waals surface area contributed by atoms with Crippen molar-refractivity contribution in [2.24, 2.45) is 0 Å². The minimum Gasteiger partial charge on any atom is -0.469 e. The van der Waals surface area contributed by atoms with Gasteiger partial charge in [-0.05, 0) is 6.42 Å². The van der Waals surface area contributed by atoms with Gasteiger partial charge in [0.1, 0.15) is 0 Å². The van der Waals surface area contributed by atoms with Gasteiger partial charge >= 0.3 is 5.97 Å². The van der Waals surface area contributed by atoms with Crippen LogP contribution < -0.4 is 10.0 Å². The zero-order chi connectivity index (χ0) is 13.6. The fourth-order valence-electron chi connectivity index (χ4n) is 1.82. The third kappa shape index (κ3) is 4.89. The van der Waals surface area contributed by atoms with Gasteiger partial charge in [0.2, 0.25) is 10.0 Å². The molecular weight excluding hydrogens is 260 g/mol. The van der Waals surface area contributed by atoms with Gasteiger partial charge in [-0.2, -0.15) is 0 Å². The van der Waals surface area contributed by atoms with Crippen LogP contribution >= 0.6 is 0 Å². The second-order valence-electron chi connectivity index (χ2n) is 4.16. The number of ether oxygens (including phenoxy) is 2. The van der Waals surface area contributed by atoms with Crippen molar-refractivity contribution in [3.63, 3.8) is 0 Å². The van der Waals surface area contributed by atoms with Crippen LogP contribution in [0.1, 0.15) is 12.8 Å². The summed E-state index contributed by atoms with van der Waals surface area (Å²) in [5.74, 6) is -0.489. The van der Waals surface area contributed by atoms with Crippen molar-refractivity contribution in [1.29, 1.82) is 0 Å². The van der Waals surface area contributed by atoms with E-state index in [1.807, 2.05) is 0 Å². The maximum absolute atomic E-state index is 11.8. The lowest BCUT2D eigenvalue weighted by molar-refractivity contribution is -0.140. The number of esters is 1. The first kappa shape index (κ1) is 15.4. The van der Waals surface area contributed by atoms with Crippen molar-refractivity contribution in [1.82, 2.24) is 10.0 Å². The molecule has 0 aromatic heterocycles. The van der Waals surface area contributed by atoms with Crippen LogP contribution in [0, 0.1) is 0 Å². The highest BCUT2D eigenvalue weighted by Crippen LogP contribution is 2.06. The fraction of sp³-hybridized carbons (Fsp3) is 0.900. The minimum absolute atomic E-state index is 0.0883. The van der Waals surface area contributed by atoms with Gasteiger partial charge in [0, 0.05) is 26.6 Å². The highest BCUT2D eigenvalue weighted by atomic mass is 32.2. The van der Waals surface area contributed by atoms with E-state index in [1.165, 1.54) is 7.11 Å². The number of carbonyl (C=O) groups is 1. The molecule has 1 fully saturated rings. The topological polar surface area (TPSA) is 93.7 Å². The van der Waals surface area contributed by atoms with E-state index in [2.05, 4.69) is 14.8 Å². The summed E-state index contributed by atoms with van der Waals surface area (Å²) >= 11 is 0. The molecule has 1 rings (SSSR count). The van der Waals surface area contributed by atoms with Crippen LogP contribution in [0.25, 0.3) is 0 Å². The summed E-state index contributed by atoms with van der Waals surface area (Å²) in [6.07, 6.45) is 0.203. The first-order chi connectivity index (χ1) is 8.48. The number of methoxy groups -OCH3 is 2. The van der Waals surface area contributed by atoms with E-state index in [0.29, 0.717) is 13.1 Å². The third-order valence-electron chi connectivity index (χ3n) is 2.81. The van der Waals surface area contributed by atoms with Crippen molar-refractivity contribution < 1.29 is 22.7 Å². The van der Waals surface area contributed by atoms with E-state index in [-0.39, 0.29) is 30.7 Å². The number of carbonyl (C=O) groups excluding carboxylic acids is 1. The Balaban J connectivity index is 2.37. The summed E-state index contributed by atoms with van der Waals surface area (Å²) in [6.45, 7) is 1.18. The molecule has 7 nitrogen and oxygen atoms in total. The molecule has 106 valence electrons. The lowest BCUT2D eigenvalue weighted by Gasteiger charge is -2.18. The van der Waals surface area contributed by atoms with Crippen molar-refractivity contribution in [3.05, 3.63) is 0 Å². The third-order valence-corrected chi connectivity index (χ3v) is 4.30. The van der Waals surface area contributed by atoms with Gasteiger partial charge in [-0.25, -0.2) is 13.1 Å². The normalized spacial score (nSPS) is 24.1. The Labute approximate surface area is 107 Å². The Kier molecular flexibility index (Phi) is 6.00. The van der Waals surface area contributed by atoms with Gasteiger partial charge < -0.3 is 14.8 Å². The summed E-state index contributed by atoms with van der Waals surface area (Å²) in [5, 5.41) is 3.05. The Bertz CT molecular complexity index is 370. The second kappa shape index (κ2) is 7.03. The Morgan fingerprint density at radius 1 is 1.39 bits per heavy atom. The summed E-state index contributed by atoms with van der Waals surface area (Å²) in [4.78, 5) is 10.9. The molecule has 0 radical (unpaired) electrons. The molecule has 1 aliphatic heterocycles. The van der Waals surface area contributed by atoms with Crippen molar-refractivity contribution in [3.8, 4) is 0 Å². The van der Waals surface area contributed by atoms with E-state index < -0.39 is 16.0 Å².